The Morgan fingerprint density at radius 2 is 1.81 bits per heavy atom. The predicted molar refractivity (Wildman–Crippen MR) is 119 cm³/mol. The zero-order chi connectivity index (χ0) is 25.1. The Bertz CT molecular complexity index is 1310. The predicted octanol–water partition coefficient (Wildman–Crippen LogP) is 3.97. The van der Waals surface area contributed by atoms with Gasteiger partial charge in [0.2, 0.25) is 5.95 Å². The van der Waals surface area contributed by atoms with Crippen LogP contribution >= 0.6 is 0 Å². The molecule has 1 aliphatic rings. The Labute approximate surface area is 202 Å². The SMILES string of the molecule is Fc1cc(-n2cnnn2)ccc1OCc1cccc(C2CCN(c3ncc(C(F)(F)F)cn3)CC2)n1. The van der Waals surface area contributed by atoms with Gasteiger partial charge in [-0.25, -0.2) is 19.0 Å². The molecule has 1 fully saturated rings. The van der Waals surface area contributed by atoms with Crippen LogP contribution in [-0.4, -0.2) is 48.2 Å². The van der Waals surface area contributed by atoms with Gasteiger partial charge in [-0.2, -0.15) is 13.2 Å². The highest BCUT2D eigenvalue weighted by atomic mass is 19.4. The molecule has 4 aromatic rings. The lowest BCUT2D eigenvalue weighted by atomic mass is 9.93. The van der Waals surface area contributed by atoms with E-state index < -0.39 is 17.6 Å². The van der Waals surface area contributed by atoms with Crippen LogP contribution in [0.3, 0.4) is 0 Å². The van der Waals surface area contributed by atoms with Crippen molar-refractivity contribution in [2.24, 2.45) is 0 Å². The van der Waals surface area contributed by atoms with Crippen molar-refractivity contribution in [2.75, 3.05) is 18.0 Å². The minimum atomic E-state index is -4.46. The Balaban J connectivity index is 1.18. The molecule has 186 valence electrons. The second kappa shape index (κ2) is 9.84. The summed E-state index contributed by atoms with van der Waals surface area (Å²) in [7, 11) is 0. The van der Waals surface area contributed by atoms with Crippen LogP contribution in [0.25, 0.3) is 5.69 Å². The summed E-state index contributed by atoms with van der Waals surface area (Å²) in [6, 6.07) is 10.1. The Hall–Kier alpha value is -4.16. The number of halogens is 4. The molecule has 5 rings (SSSR count). The van der Waals surface area contributed by atoms with Crippen LogP contribution < -0.4 is 9.64 Å². The quantitative estimate of drug-likeness (QED) is 0.367. The monoisotopic (exact) mass is 500 g/mol. The van der Waals surface area contributed by atoms with Gasteiger partial charge in [0.15, 0.2) is 11.6 Å². The van der Waals surface area contributed by atoms with Crippen molar-refractivity contribution < 1.29 is 22.3 Å². The van der Waals surface area contributed by atoms with Gasteiger partial charge in [-0.1, -0.05) is 6.07 Å². The van der Waals surface area contributed by atoms with Crippen LogP contribution in [0.4, 0.5) is 23.5 Å². The molecule has 1 aromatic carbocycles. The normalized spacial score (nSPS) is 14.7. The topological polar surface area (TPSA) is 94.7 Å². The molecule has 3 aromatic heterocycles. The fraction of sp³-hybridized carbons (Fsp3) is 0.304. The number of benzene rings is 1. The van der Waals surface area contributed by atoms with Crippen LogP contribution in [-0.2, 0) is 12.8 Å². The first-order valence-corrected chi connectivity index (χ1v) is 11.1. The third-order valence-corrected chi connectivity index (χ3v) is 5.89. The molecule has 13 heteroatoms. The Morgan fingerprint density at radius 1 is 1.03 bits per heavy atom. The zero-order valence-corrected chi connectivity index (χ0v) is 18.8. The molecule has 0 bridgehead atoms. The van der Waals surface area contributed by atoms with Crippen molar-refractivity contribution >= 4 is 5.95 Å². The maximum absolute atomic E-state index is 14.5. The molecular weight excluding hydrogens is 480 g/mol. The summed E-state index contributed by atoms with van der Waals surface area (Å²) < 4.78 is 59.7. The van der Waals surface area contributed by atoms with Crippen LogP contribution in [0, 0.1) is 5.82 Å². The molecule has 0 radical (unpaired) electrons. The molecular formula is C23H20F4N8O. The summed E-state index contributed by atoms with van der Waals surface area (Å²) in [4.78, 5) is 14.3. The molecule has 4 heterocycles. The number of anilines is 1. The third-order valence-electron chi connectivity index (χ3n) is 5.89. The van der Waals surface area contributed by atoms with Gasteiger partial charge in [0.05, 0.1) is 16.9 Å². The largest absolute Gasteiger partial charge is 0.484 e. The summed E-state index contributed by atoms with van der Waals surface area (Å²) in [5, 5.41) is 10.8. The van der Waals surface area contributed by atoms with Gasteiger partial charge in [0.25, 0.3) is 0 Å². The maximum atomic E-state index is 14.5. The number of hydrogen-bond donors (Lipinski definition) is 0. The molecule has 0 N–H and O–H groups in total. The Morgan fingerprint density at radius 3 is 2.47 bits per heavy atom. The molecule has 1 saturated heterocycles. The molecule has 9 nitrogen and oxygen atoms in total. The van der Waals surface area contributed by atoms with Crippen molar-refractivity contribution in [1.82, 2.24) is 35.2 Å². The number of alkyl halides is 3. The molecule has 36 heavy (non-hydrogen) atoms. The van der Waals surface area contributed by atoms with E-state index in [9.17, 15) is 17.6 Å². The first-order chi connectivity index (χ1) is 17.4. The van der Waals surface area contributed by atoms with Crippen molar-refractivity contribution in [2.45, 2.75) is 31.5 Å². The van der Waals surface area contributed by atoms with Crippen LogP contribution in [0.1, 0.15) is 35.7 Å². The van der Waals surface area contributed by atoms with Crippen LogP contribution in [0.15, 0.2) is 55.1 Å². The number of aromatic nitrogens is 7. The van der Waals surface area contributed by atoms with E-state index in [4.69, 9.17) is 4.74 Å². The lowest BCUT2D eigenvalue weighted by Crippen LogP contribution is -2.34. The highest BCUT2D eigenvalue weighted by Gasteiger charge is 2.32. The summed E-state index contributed by atoms with van der Waals surface area (Å²) in [5.41, 5.74) is 1.15. The zero-order valence-electron chi connectivity index (χ0n) is 18.8. The first kappa shape index (κ1) is 23.6. The molecule has 0 spiro atoms. The second-order valence-corrected chi connectivity index (χ2v) is 8.24. The van der Waals surface area contributed by atoms with E-state index in [1.54, 1.807) is 6.07 Å². The van der Waals surface area contributed by atoms with Gasteiger partial charge in [-0.3, -0.25) is 4.98 Å². The van der Waals surface area contributed by atoms with E-state index in [0.717, 1.165) is 30.9 Å². The van der Waals surface area contributed by atoms with Gasteiger partial charge < -0.3 is 9.64 Å². The smallest absolute Gasteiger partial charge is 0.419 e. The first-order valence-electron chi connectivity index (χ1n) is 11.1. The van der Waals surface area contributed by atoms with Crippen LogP contribution in [0.2, 0.25) is 0 Å². The van der Waals surface area contributed by atoms with E-state index in [0.29, 0.717) is 24.5 Å². The minimum Gasteiger partial charge on any atom is -0.484 e. The molecule has 0 aliphatic carbocycles. The number of piperidine rings is 1. The van der Waals surface area contributed by atoms with E-state index in [-0.39, 0.29) is 24.2 Å². The lowest BCUT2D eigenvalue weighted by molar-refractivity contribution is -0.138. The van der Waals surface area contributed by atoms with Crippen molar-refractivity contribution in [3.05, 3.63) is 77.9 Å². The van der Waals surface area contributed by atoms with Gasteiger partial charge in [0.1, 0.15) is 12.9 Å². The Kier molecular flexibility index (Phi) is 6.44. The summed E-state index contributed by atoms with van der Waals surface area (Å²) in [6.07, 6.45) is 0.00965. The molecule has 0 unspecified atom stereocenters. The molecule has 1 aliphatic heterocycles. The highest BCUT2D eigenvalue weighted by molar-refractivity contribution is 5.38. The number of tetrazole rings is 1. The maximum Gasteiger partial charge on any atom is 0.419 e. The number of hydrogen-bond acceptors (Lipinski definition) is 8. The van der Waals surface area contributed by atoms with Gasteiger partial charge in [-0.05, 0) is 47.5 Å². The van der Waals surface area contributed by atoms with Crippen molar-refractivity contribution in [3.8, 4) is 11.4 Å². The third kappa shape index (κ3) is 5.24. The standard InChI is InChI=1S/C23H20F4N8O/c24-19-10-18(35-14-30-32-33-35)4-5-21(19)36-13-17-2-1-3-20(31-17)15-6-8-34(9-7-15)22-28-11-16(12-29-22)23(25,26)27/h1-5,10-12,14-15H,6-9,13H2. The summed E-state index contributed by atoms with van der Waals surface area (Å²) >= 11 is 0. The lowest BCUT2D eigenvalue weighted by Gasteiger charge is -2.31. The number of ether oxygens (including phenoxy) is 1. The average molecular weight is 500 g/mol. The molecule has 0 amide bonds. The number of pyridine rings is 1. The van der Waals surface area contributed by atoms with E-state index in [2.05, 4.69) is 30.5 Å². The fourth-order valence-corrected chi connectivity index (χ4v) is 3.99. The molecule has 0 atom stereocenters. The van der Waals surface area contributed by atoms with Gasteiger partial charge in [0, 0.05) is 43.2 Å². The van der Waals surface area contributed by atoms with E-state index in [1.165, 1.54) is 23.1 Å². The second-order valence-electron chi connectivity index (χ2n) is 8.24. The van der Waals surface area contributed by atoms with Crippen LogP contribution in [0.5, 0.6) is 5.75 Å². The summed E-state index contributed by atoms with van der Waals surface area (Å²) in [5.74, 6) is -0.00599. The number of nitrogens with zero attached hydrogens (tertiary/aromatic N) is 8. The van der Waals surface area contributed by atoms with Gasteiger partial charge in [-0.15, -0.1) is 5.10 Å². The minimum absolute atomic E-state index is 0.0869. The molecule has 0 saturated carbocycles. The fourth-order valence-electron chi connectivity index (χ4n) is 3.99. The average Bonchev–Trinajstić information content (AvgIpc) is 3.43. The van der Waals surface area contributed by atoms with E-state index >= 15 is 0 Å². The van der Waals surface area contributed by atoms with E-state index in [1.807, 2.05) is 23.1 Å². The number of rotatable bonds is 6. The summed E-state index contributed by atoms with van der Waals surface area (Å²) in [6.45, 7) is 1.28. The highest BCUT2D eigenvalue weighted by Crippen LogP contribution is 2.31. The van der Waals surface area contributed by atoms with Gasteiger partial charge >= 0.3 is 6.18 Å². The van der Waals surface area contributed by atoms with Crippen molar-refractivity contribution in [1.29, 1.82) is 0 Å². The van der Waals surface area contributed by atoms with Crippen molar-refractivity contribution in [3.63, 3.8) is 0 Å².